The Morgan fingerprint density at radius 1 is 1.00 bits per heavy atom. The maximum Gasteiger partial charge on any atom is 0.275 e. The quantitative estimate of drug-likeness (QED) is 0.366. The van der Waals surface area contributed by atoms with Gasteiger partial charge in [0.25, 0.3) is 17.7 Å². The second-order valence-corrected chi connectivity index (χ2v) is 8.45. The molecule has 1 aliphatic heterocycles. The largest absolute Gasteiger partial charge is 0.497 e. The van der Waals surface area contributed by atoms with E-state index in [1.165, 1.54) is 20.1 Å². The molecule has 1 saturated heterocycles. The van der Waals surface area contributed by atoms with E-state index in [2.05, 4.69) is 0 Å². The number of hydrazine groups is 1. The molecular formula is C25H23ClN2O5. The van der Waals surface area contributed by atoms with Crippen LogP contribution in [0.3, 0.4) is 0 Å². The Bertz CT molecular complexity index is 1120. The van der Waals surface area contributed by atoms with Gasteiger partial charge in [0.2, 0.25) is 0 Å². The highest BCUT2D eigenvalue weighted by atomic mass is 35.5. The van der Waals surface area contributed by atoms with Gasteiger partial charge in [-0.05, 0) is 56.2 Å². The summed E-state index contributed by atoms with van der Waals surface area (Å²) in [6.07, 6.45) is 4.56. The van der Waals surface area contributed by atoms with Crippen LogP contribution in [-0.4, -0.2) is 46.7 Å². The van der Waals surface area contributed by atoms with E-state index in [0.717, 1.165) is 10.0 Å². The second-order valence-electron chi connectivity index (χ2n) is 8.04. The number of nitrogens with zero attached hydrogens (tertiary/aromatic N) is 2. The number of hydrogen-bond acceptors (Lipinski definition) is 5. The van der Waals surface area contributed by atoms with Crippen molar-refractivity contribution in [2.45, 2.75) is 25.8 Å². The van der Waals surface area contributed by atoms with Gasteiger partial charge in [-0.15, -0.1) is 0 Å². The van der Waals surface area contributed by atoms with E-state index in [1.54, 1.807) is 42.5 Å². The smallest absolute Gasteiger partial charge is 0.275 e. The fraction of sp³-hybridized carbons (Fsp3) is 0.280. The number of Topliss-reactive ketones (excluding diaryl/α,β-unsaturated/α-hetero) is 1. The summed E-state index contributed by atoms with van der Waals surface area (Å²) >= 11 is 6.25. The molecule has 2 aromatic rings. The average Bonchev–Trinajstić information content (AvgIpc) is 3.09. The molecule has 4 rings (SSSR count). The number of benzene rings is 2. The molecule has 0 radical (unpaired) electrons. The standard InChI is InChI=1S/C25H23ClN2O5/c1-15(22(29)16-11-13-17(33-2)14-12-16)27(25(32)20-9-5-6-10-21(20)26)28-23(30)18-7-3-4-8-19(18)24(28)31/h3-6,9-15,18-19H,7-8H2,1-2H3/t15-,18-,19+/m0/s1. The zero-order valence-electron chi connectivity index (χ0n) is 18.2. The van der Waals surface area contributed by atoms with Crippen molar-refractivity contribution in [3.8, 4) is 5.75 Å². The number of carbonyl (C=O) groups excluding carboxylic acids is 4. The van der Waals surface area contributed by atoms with Gasteiger partial charge in [-0.3, -0.25) is 19.2 Å². The van der Waals surface area contributed by atoms with Gasteiger partial charge < -0.3 is 4.74 Å². The van der Waals surface area contributed by atoms with E-state index in [9.17, 15) is 19.2 Å². The van der Waals surface area contributed by atoms with Crippen LogP contribution in [-0.2, 0) is 9.59 Å². The Labute approximate surface area is 196 Å². The van der Waals surface area contributed by atoms with Crippen molar-refractivity contribution in [1.82, 2.24) is 10.0 Å². The molecule has 0 aromatic heterocycles. The minimum absolute atomic E-state index is 0.0992. The maximum atomic E-state index is 13.6. The highest BCUT2D eigenvalue weighted by Crippen LogP contribution is 2.37. The number of fused-ring (bicyclic) bond motifs is 1. The number of hydrogen-bond donors (Lipinski definition) is 0. The Balaban J connectivity index is 1.75. The Morgan fingerprint density at radius 2 is 1.58 bits per heavy atom. The van der Waals surface area contributed by atoms with E-state index in [1.807, 2.05) is 12.2 Å². The Kier molecular flexibility index (Phi) is 6.33. The summed E-state index contributed by atoms with van der Waals surface area (Å²) < 4.78 is 5.14. The molecule has 7 nitrogen and oxygen atoms in total. The van der Waals surface area contributed by atoms with E-state index in [-0.39, 0.29) is 10.6 Å². The van der Waals surface area contributed by atoms with Crippen LogP contribution in [0.1, 0.15) is 40.5 Å². The molecule has 0 bridgehead atoms. The van der Waals surface area contributed by atoms with Crippen LogP contribution in [0.2, 0.25) is 5.02 Å². The van der Waals surface area contributed by atoms with E-state index >= 15 is 0 Å². The van der Waals surface area contributed by atoms with Crippen molar-refractivity contribution in [3.63, 3.8) is 0 Å². The number of carbonyl (C=O) groups is 4. The van der Waals surface area contributed by atoms with Crippen LogP contribution in [0.25, 0.3) is 0 Å². The first-order valence-corrected chi connectivity index (χ1v) is 11.0. The molecule has 1 aliphatic carbocycles. The summed E-state index contributed by atoms with van der Waals surface area (Å²) in [6, 6.07) is 11.6. The van der Waals surface area contributed by atoms with Gasteiger partial charge in [0.05, 0.1) is 29.5 Å². The minimum Gasteiger partial charge on any atom is -0.497 e. The molecule has 3 amide bonds. The number of ether oxygens (including phenoxy) is 1. The molecule has 8 heteroatoms. The first-order valence-electron chi connectivity index (χ1n) is 10.6. The summed E-state index contributed by atoms with van der Waals surface area (Å²) in [5.41, 5.74) is 0.417. The van der Waals surface area contributed by atoms with E-state index < -0.39 is 41.4 Å². The molecule has 2 aromatic carbocycles. The van der Waals surface area contributed by atoms with Crippen molar-refractivity contribution in [3.05, 3.63) is 76.8 Å². The minimum atomic E-state index is -1.14. The van der Waals surface area contributed by atoms with Crippen molar-refractivity contribution in [2.24, 2.45) is 11.8 Å². The SMILES string of the molecule is COc1ccc(C(=O)[C@H](C)N(C(=O)c2ccccc2Cl)N2C(=O)[C@H]3CC=CC[C@H]3C2=O)cc1. The summed E-state index contributed by atoms with van der Waals surface area (Å²) in [4.78, 5) is 53.5. The Morgan fingerprint density at radius 3 is 2.12 bits per heavy atom. The average molecular weight is 467 g/mol. The highest BCUT2D eigenvalue weighted by molar-refractivity contribution is 6.34. The molecule has 1 fully saturated rings. The lowest BCUT2D eigenvalue weighted by Gasteiger charge is -2.35. The van der Waals surface area contributed by atoms with Gasteiger partial charge in [0.15, 0.2) is 5.78 Å². The van der Waals surface area contributed by atoms with Crippen LogP contribution in [0.5, 0.6) is 5.75 Å². The zero-order valence-corrected chi connectivity index (χ0v) is 19.0. The fourth-order valence-electron chi connectivity index (χ4n) is 4.30. The lowest BCUT2D eigenvalue weighted by atomic mass is 9.85. The molecule has 33 heavy (non-hydrogen) atoms. The zero-order chi connectivity index (χ0) is 23.7. The summed E-state index contributed by atoms with van der Waals surface area (Å²) in [5.74, 6) is -2.60. The molecule has 0 spiro atoms. The summed E-state index contributed by atoms with van der Waals surface area (Å²) in [5, 5.41) is 1.99. The molecule has 0 unspecified atom stereocenters. The lowest BCUT2D eigenvalue weighted by Crippen LogP contribution is -2.56. The Hall–Kier alpha value is -3.45. The number of allylic oxidation sites excluding steroid dienone is 2. The number of amides is 3. The molecule has 0 N–H and O–H groups in total. The van der Waals surface area contributed by atoms with Crippen molar-refractivity contribution < 1.29 is 23.9 Å². The normalized spacial score (nSPS) is 20.4. The van der Waals surface area contributed by atoms with Gasteiger partial charge in [-0.1, -0.05) is 35.9 Å². The van der Waals surface area contributed by atoms with Crippen LogP contribution in [0, 0.1) is 11.8 Å². The second kappa shape index (κ2) is 9.19. The van der Waals surface area contributed by atoms with Gasteiger partial charge in [-0.2, -0.15) is 5.01 Å². The predicted octanol–water partition coefficient (Wildman–Crippen LogP) is 3.93. The molecule has 1 heterocycles. The van der Waals surface area contributed by atoms with E-state index in [0.29, 0.717) is 24.2 Å². The van der Waals surface area contributed by atoms with Crippen molar-refractivity contribution >= 4 is 35.1 Å². The van der Waals surface area contributed by atoms with Gasteiger partial charge in [-0.25, -0.2) is 5.01 Å². The van der Waals surface area contributed by atoms with Gasteiger partial charge in [0.1, 0.15) is 11.8 Å². The maximum absolute atomic E-state index is 13.6. The topological polar surface area (TPSA) is 84.0 Å². The van der Waals surface area contributed by atoms with Gasteiger partial charge in [0, 0.05) is 5.56 Å². The van der Waals surface area contributed by atoms with Crippen LogP contribution in [0.15, 0.2) is 60.7 Å². The number of halogens is 1. The highest BCUT2D eigenvalue weighted by Gasteiger charge is 2.52. The van der Waals surface area contributed by atoms with Crippen molar-refractivity contribution in [1.29, 1.82) is 0 Å². The molecular weight excluding hydrogens is 444 g/mol. The van der Waals surface area contributed by atoms with Crippen molar-refractivity contribution in [2.75, 3.05) is 7.11 Å². The molecule has 2 aliphatic rings. The van der Waals surface area contributed by atoms with Gasteiger partial charge >= 0.3 is 0 Å². The number of ketones is 1. The predicted molar refractivity (Wildman–Crippen MR) is 122 cm³/mol. The third-order valence-corrected chi connectivity index (χ3v) is 6.46. The molecule has 170 valence electrons. The summed E-state index contributed by atoms with van der Waals surface area (Å²) in [7, 11) is 1.52. The monoisotopic (exact) mass is 466 g/mol. The number of methoxy groups -OCH3 is 1. The lowest BCUT2D eigenvalue weighted by molar-refractivity contribution is -0.156. The third kappa shape index (κ3) is 4.04. The summed E-state index contributed by atoms with van der Waals surface area (Å²) in [6.45, 7) is 1.50. The fourth-order valence-corrected chi connectivity index (χ4v) is 4.52. The van der Waals surface area contributed by atoms with Crippen LogP contribution < -0.4 is 4.74 Å². The first-order chi connectivity index (χ1) is 15.8. The molecule has 3 atom stereocenters. The number of imide groups is 1. The van der Waals surface area contributed by atoms with Crippen LogP contribution >= 0.6 is 11.6 Å². The van der Waals surface area contributed by atoms with E-state index in [4.69, 9.17) is 16.3 Å². The van der Waals surface area contributed by atoms with Crippen LogP contribution in [0.4, 0.5) is 0 Å². The molecule has 0 saturated carbocycles. The first kappa shape index (κ1) is 22.7. The number of rotatable bonds is 6. The third-order valence-electron chi connectivity index (χ3n) is 6.13.